The van der Waals surface area contributed by atoms with Crippen LogP contribution in [0.3, 0.4) is 0 Å². The molecule has 1 heterocycles. The van der Waals surface area contributed by atoms with Crippen molar-refractivity contribution in [2.75, 3.05) is 0 Å². The number of nitrogens with two attached hydrogens (primary N) is 1. The molecule has 0 amide bonds. The molecular formula is C16H14BrFN2. The Balaban J connectivity index is 2.09. The van der Waals surface area contributed by atoms with Crippen molar-refractivity contribution in [1.29, 1.82) is 0 Å². The monoisotopic (exact) mass is 332 g/mol. The highest BCUT2D eigenvalue weighted by molar-refractivity contribution is 9.10. The number of hydrogen-bond acceptors (Lipinski definition) is 1. The van der Waals surface area contributed by atoms with Crippen LogP contribution in [0.5, 0.6) is 0 Å². The molecule has 0 saturated heterocycles. The zero-order valence-electron chi connectivity index (χ0n) is 10.8. The summed E-state index contributed by atoms with van der Waals surface area (Å²) >= 11 is 3.47. The van der Waals surface area contributed by atoms with E-state index in [1.165, 1.54) is 6.07 Å². The van der Waals surface area contributed by atoms with Gasteiger partial charge in [-0.25, -0.2) is 4.39 Å². The van der Waals surface area contributed by atoms with Gasteiger partial charge in [-0.1, -0.05) is 34.1 Å². The molecule has 3 aromatic rings. The molecule has 102 valence electrons. The van der Waals surface area contributed by atoms with Crippen molar-refractivity contribution in [3.63, 3.8) is 0 Å². The van der Waals surface area contributed by atoms with E-state index in [2.05, 4.69) is 32.6 Å². The molecule has 0 spiro atoms. The standard InChI is InChI=1S/C16H14BrFN2/c17-15-5-4-14(18)8-13(15)10-20-7-6-11-2-1-3-12(9-19)16(11)20/h1-8H,9-10,19H2. The molecule has 0 saturated carbocycles. The lowest BCUT2D eigenvalue weighted by molar-refractivity contribution is 0.623. The average Bonchev–Trinajstić information content (AvgIpc) is 2.86. The van der Waals surface area contributed by atoms with E-state index in [1.54, 1.807) is 12.1 Å². The molecule has 20 heavy (non-hydrogen) atoms. The third-order valence-electron chi connectivity index (χ3n) is 3.44. The highest BCUT2D eigenvalue weighted by Gasteiger charge is 2.08. The first-order valence-electron chi connectivity index (χ1n) is 6.40. The van der Waals surface area contributed by atoms with E-state index in [9.17, 15) is 4.39 Å². The molecule has 0 bridgehead atoms. The highest BCUT2D eigenvalue weighted by atomic mass is 79.9. The fourth-order valence-corrected chi connectivity index (χ4v) is 2.86. The van der Waals surface area contributed by atoms with Crippen molar-refractivity contribution in [2.45, 2.75) is 13.1 Å². The number of halogens is 2. The molecule has 2 aromatic carbocycles. The second-order valence-corrected chi connectivity index (χ2v) is 5.59. The lowest BCUT2D eigenvalue weighted by Gasteiger charge is -2.10. The quantitative estimate of drug-likeness (QED) is 0.770. The Bertz CT molecular complexity index is 764. The summed E-state index contributed by atoms with van der Waals surface area (Å²) < 4.78 is 16.4. The second-order valence-electron chi connectivity index (χ2n) is 4.74. The van der Waals surface area contributed by atoms with Gasteiger partial charge in [0.15, 0.2) is 0 Å². The number of nitrogens with zero attached hydrogens (tertiary/aromatic N) is 1. The molecule has 1 aromatic heterocycles. The lowest BCUT2D eigenvalue weighted by Crippen LogP contribution is -2.04. The van der Waals surface area contributed by atoms with Crippen LogP contribution in [0.25, 0.3) is 10.9 Å². The molecule has 2 nitrogen and oxygen atoms in total. The zero-order chi connectivity index (χ0) is 14.1. The number of benzene rings is 2. The van der Waals surface area contributed by atoms with Crippen molar-refractivity contribution in [3.8, 4) is 0 Å². The third-order valence-corrected chi connectivity index (χ3v) is 4.21. The Morgan fingerprint density at radius 3 is 2.75 bits per heavy atom. The maximum absolute atomic E-state index is 13.4. The minimum Gasteiger partial charge on any atom is -0.343 e. The van der Waals surface area contributed by atoms with E-state index < -0.39 is 0 Å². The van der Waals surface area contributed by atoms with Crippen LogP contribution in [-0.2, 0) is 13.1 Å². The molecule has 0 atom stereocenters. The molecule has 4 heteroatoms. The van der Waals surface area contributed by atoms with Crippen molar-refractivity contribution < 1.29 is 4.39 Å². The summed E-state index contributed by atoms with van der Waals surface area (Å²) in [6, 6.07) is 12.9. The minimum atomic E-state index is -0.223. The van der Waals surface area contributed by atoms with Gasteiger partial charge in [0, 0.05) is 23.8 Å². The van der Waals surface area contributed by atoms with Crippen LogP contribution in [0.4, 0.5) is 4.39 Å². The van der Waals surface area contributed by atoms with Gasteiger partial charge in [-0.2, -0.15) is 0 Å². The molecule has 0 aliphatic rings. The summed E-state index contributed by atoms with van der Waals surface area (Å²) in [6.45, 7) is 1.10. The van der Waals surface area contributed by atoms with E-state index in [0.29, 0.717) is 13.1 Å². The molecule has 0 aliphatic carbocycles. The number of hydrogen-bond donors (Lipinski definition) is 1. The molecule has 0 aliphatic heterocycles. The molecule has 0 fully saturated rings. The summed E-state index contributed by atoms with van der Waals surface area (Å²) in [5.41, 5.74) is 8.93. The van der Waals surface area contributed by atoms with Crippen LogP contribution in [0.15, 0.2) is 53.1 Å². The first kappa shape index (κ1) is 13.3. The van der Waals surface area contributed by atoms with E-state index in [-0.39, 0.29) is 5.82 Å². The Morgan fingerprint density at radius 1 is 1.10 bits per heavy atom. The van der Waals surface area contributed by atoms with Crippen LogP contribution in [0.1, 0.15) is 11.1 Å². The zero-order valence-corrected chi connectivity index (χ0v) is 12.4. The van der Waals surface area contributed by atoms with Crippen molar-refractivity contribution in [1.82, 2.24) is 4.57 Å². The Labute approximate surface area is 125 Å². The van der Waals surface area contributed by atoms with Gasteiger partial charge in [-0.3, -0.25) is 0 Å². The fourth-order valence-electron chi connectivity index (χ4n) is 2.49. The van der Waals surface area contributed by atoms with E-state index >= 15 is 0 Å². The topological polar surface area (TPSA) is 30.9 Å². The van der Waals surface area contributed by atoms with Gasteiger partial charge in [0.1, 0.15) is 5.82 Å². The maximum Gasteiger partial charge on any atom is 0.123 e. The van der Waals surface area contributed by atoms with Crippen LogP contribution in [0, 0.1) is 5.82 Å². The first-order valence-corrected chi connectivity index (χ1v) is 7.19. The maximum atomic E-state index is 13.4. The first-order chi connectivity index (χ1) is 9.69. The second kappa shape index (κ2) is 5.38. The molecule has 2 N–H and O–H groups in total. The number of aromatic nitrogens is 1. The van der Waals surface area contributed by atoms with Gasteiger partial charge >= 0.3 is 0 Å². The van der Waals surface area contributed by atoms with Gasteiger partial charge in [0.05, 0.1) is 5.52 Å². The van der Waals surface area contributed by atoms with Crippen LogP contribution >= 0.6 is 15.9 Å². The Morgan fingerprint density at radius 2 is 1.95 bits per heavy atom. The fraction of sp³-hybridized carbons (Fsp3) is 0.125. The molecule has 0 radical (unpaired) electrons. The van der Waals surface area contributed by atoms with Crippen molar-refractivity contribution in [3.05, 3.63) is 70.1 Å². The van der Waals surface area contributed by atoms with E-state index in [4.69, 9.17) is 5.73 Å². The summed E-state index contributed by atoms with van der Waals surface area (Å²) in [6.07, 6.45) is 2.02. The summed E-state index contributed by atoms with van der Waals surface area (Å²) in [4.78, 5) is 0. The predicted octanol–water partition coefficient (Wildman–Crippen LogP) is 4.05. The minimum absolute atomic E-state index is 0.223. The Kier molecular flexibility index (Phi) is 3.59. The SMILES string of the molecule is NCc1cccc2ccn(Cc3cc(F)ccc3Br)c12. The van der Waals surface area contributed by atoms with Gasteiger partial charge in [-0.05, 0) is 40.8 Å². The number of fused-ring (bicyclic) bond motifs is 1. The lowest BCUT2D eigenvalue weighted by atomic mass is 10.1. The van der Waals surface area contributed by atoms with Gasteiger partial charge in [0.25, 0.3) is 0 Å². The largest absolute Gasteiger partial charge is 0.343 e. The number of rotatable bonds is 3. The number of para-hydroxylation sites is 1. The van der Waals surface area contributed by atoms with E-state index in [0.717, 1.165) is 26.5 Å². The van der Waals surface area contributed by atoms with Crippen molar-refractivity contribution in [2.24, 2.45) is 5.73 Å². The smallest absolute Gasteiger partial charge is 0.123 e. The summed E-state index contributed by atoms with van der Waals surface area (Å²) in [5, 5.41) is 1.15. The van der Waals surface area contributed by atoms with E-state index in [1.807, 2.05) is 18.3 Å². The highest BCUT2D eigenvalue weighted by Crippen LogP contribution is 2.24. The Hall–Kier alpha value is -1.65. The molecule has 3 rings (SSSR count). The normalized spacial score (nSPS) is 11.2. The van der Waals surface area contributed by atoms with Gasteiger partial charge in [0.2, 0.25) is 0 Å². The molecule has 0 unspecified atom stereocenters. The van der Waals surface area contributed by atoms with Crippen LogP contribution in [-0.4, -0.2) is 4.57 Å². The van der Waals surface area contributed by atoms with Gasteiger partial charge < -0.3 is 10.3 Å². The summed E-state index contributed by atoms with van der Waals surface area (Å²) in [5.74, 6) is -0.223. The predicted molar refractivity (Wildman–Crippen MR) is 83.0 cm³/mol. The average molecular weight is 333 g/mol. The van der Waals surface area contributed by atoms with Crippen molar-refractivity contribution >= 4 is 26.8 Å². The molecular weight excluding hydrogens is 319 g/mol. The third kappa shape index (κ3) is 2.37. The summed E-state index contributed by atoms with van der Waals surface area (Å²) in [7, 11) is 0. The van der Waals surface area contributed by atoms with Gasteiger partial charge in [-0.15, -0.1) is 0 Å². The van der Waals surface area contributed by atoms with Crippen LogP contribution in [0.2, 0.25) is 0 Å². The van der Waals surface area contributed by atoms with Crippen LogP contribution < -0.4 is 5.73 Å².